The van der Waals surface area contributed by atoms with Gasteiger partial charge in [0.2, 0.25) is 0 Å². The number of amides is 1. The van der Waals surface area contributed by atoms with Gasteiger partial charge < -0.3 is 10.1 Å². The fourth-order valence-corrected chi connectivity index (χ4v) is 3.66. The minimum Gasteiger partial charge on any atom is -0.471 e. The van der Waals surface area contributed by atoms with Crippen molar-refractivity contribution in [3.63, 3.8) is 0 Å². The molecule has 1 N–H and O–H groups in total. The van der Waals surface area contributed by atoms with E-state index < -0.39 is 0 Å². The molecule has 0 aliphatic heterocycles. The zero-order valence-electron chi connectivity index (χ0n) is 17.5. The van der Waals surface area contributed by atoms with Gasteiger partial charge in [-0.05, 0) is 55.8 Å². The molecule has 2 heterocycles. The summed E-state index contributed by atoms with van der Waals surface area (Å²) in [5.41, 5.74) is 3.54. The van der Waals surface area contributed by atoms with Crippen LogP contribution in [0.4, 0.5) is 5.69 Å². The quantitative estimate of drug-likeness (QED) is 0.396. The predicted molar refractivity (Wildman–Crippen MR) is 125 cm³/mol. The molecular weight excluding hydrogens is 449 g/mol. The highest BCUT2D eigenvalue weighted by atomic mass is 35.5. The first kappa shape index (κ1) is 21.9. The number of nitrogens with zero attached hydrogens (tertiary/aromatic N) is 4. The Kier molecular flexibility index (Phi) is 6.48. The van der Waals surface area contributed by atoms with E-state index in [0.29, 0.717) is 28.0 Å². The van der Waals surface area contributed by atoms with Gasteiger partial charge in [-0.25, -0.2) is 4.68 Å². The van der Waals surface area contributed by atoms with E-state index in [4.69, 9.17) is 27.9 Å². The van der Waals surface area contributed by atoms with Crippen LogP contribution in [0.1, 0.15) is 27.4 Å². The Hall–Kier alpha value is -3.29. The maximum atomic E-state index is 12.8. The summed E-state index contributed by atoms with van der Waals surface area (Å²) in [4.78, 5) is 12.8. The molecule has 0 atom stereocenters. The number of ether oxygens (including phenoxy) is 1. The maximum absolute atomic E-state index is 12.8. The Labute approximate surface area is 195 Å². The van der Waals surface area contributed by atoms with Crippen LogP contribution in [0.25, 0.3) is 0 Å². The van der Waals surface area contributed by atoms with Crippen LogP contribution in [0.2, 0.25) is 10.0 Å². The summed E-state index contributed by atoms with van der Waals surface area (Å²) in [6.45, 7) is 4.48. The SMILES string of the molecule is Cc1nn(Cc2cccc(Cl)c2)c(C)c1NC(=O)c1ccn(COc2cccc(Cl)c2)n1. The Balaban J connectivity index is 1.42. The normalized spacial score (nSPS) is 10.9. The number of nitrogens with one attached hydrogen (secondary N) is 1. The highest BCUT2D eigenvalue weighted by Gasteiger charge is 2.17. The molecule has 2 aromatic heterocycles. The second-order valence-electron chi connectivity index (χ2n) is 7.26. The topological polar surface area (TPSA) is 74.0 Å². The van der Waals surface area contributed by atoms with E-state index in [1.54, 1.807) is 36.5 Å². The number of benzene rings is 2. The Morgan fingerprint density at radius 1 is 1.03 bits per heavy atom. The largest absolute Gasteiger partial charge is 0.471 e. The van der Waals surface area contributed by atoms with Crippen molar-refractivity contribution in [2.45, 2.75) is 27.1 Å². The van der Waals surface area contributed by atoms with Gasteiger partial charge in [0.25, 0.3) is 5.91 Å². The third kappa shape index (κ3) is 5.12. The smallest absolute Gasteiger partial charge is 0.276 e. The summed E-state index contributed by atoms with van der Waals surface area (Å²) in [7, 11) is 0. The van der Waals surface area contributed by atoms with E-state index in [2.05, 4.69) is 15.5 Å². The second kappa shape index (κ2) is 9.46. The van der Waals surface area contributed by atoms with Crippen LogP contribution in [0.3, 0.4) is 0 Å². The zero-order valence-corrected chi connectivity index (χ0v) is 19.1. The standard InChI is InChI=1S/C23H21Cl2N5O2/c1-15-22(16(2)30(27-15)13-17-5-3-6-18(24)11-17)26-23(31)21-9-10-29(28-21)14-32-20-8-4-7-19(25)12-20/h3-12H,13-14H2,1-2H3,(H,26,31). The van der Waals surface area contributed by atoms with Gasteiger partial charge in [0.15, 0.2) is 12.4 Å². The number of anilines is 1. The van der Waals surface area contributed by atoms with Crippen LogP contribution < -0.4 is 10.1 Å². The predicted octanol–water partition coefficient (Wildman–Crippen LogP) is 5.34. The van der Waals surface area contributed by atoms with Crippen molar-refractivity contribution in [3.05, 3.63) is 93.5 Å². The van der Waals surface area contributed by atoms with Crippen LogP contribution in [0, 0.1) is 13.8 Å². The third-order valence-electron chi connectivity index (χ3n) is 4.87. The monoisotopic (exact) mass is 469 g/mol. The van der Waals surface area contributed by atoms with Crippen LogP contribution in [-0.4, -0.2) is 25.5 Å². The van der Waals surface area contributed by atoms with E-state index in [9.17, 15) is 4.79 Å². The van der Waals surface area contributed by atoms with Crippen molar-refractivity contribution < 1.29 is 9.53 Å². The summed E-state index contributed by atoms with van der Waals surface area (Å²) >= 11 is 12.0. The molecule has 7 nitrogen and oxygen atoms in total. The average Bonchev–Trinajstić information content (AvgIpc) is 3.33. The summed E-state index contributed by atoms with van der Waals surface area (Å²) in [5, 5.41) is 13.0. The zero-order chi connectivity index (χ0) is 22.7. The van der Waals surface area contributed by atoms with Gasteiger partial charge in [0, 0.05) is 16.2 Å². The number of rotatable bonds is 7. The fourth-order valence-electron chi connectivity index (χ4n) is 3.27. The summed E-state index contributed by atoms with van der Waals surface area (Å²) in [5.74, 6) is 0.303. The first-order valence-electron chi connectivity index (χ1n) is 9.90. The van der Waals surface area contributed by atoms with Crippen LogP contribution in [0.5, 0.6) is 5.75 Å². The molecule has 1 amide bonds. The number of aromatic nitrogens is 4. The van der Waals surface area contributed by atoms with Gasteiger partial charge >= 0.3 is 0 Å². The number of carbonyl (C=O) groups is 1. The van der Waals surface area contributed by atoms with E-state index >= 15 is 0 Å². The van der Waals surface area contributed by atoms with Crippen molar-refractivity contribution in [3.8, 4) is 5.75 Å². The molecule has 4 rings (SSSR count). The Morgan fingerprint density at radius 3 is 2.53 bits per heavy atom. The van der Waals surface area contributed by atoms with Crippen LogP contribution in [0.15, 0.2) is 60.8 Å². The number of hydrogen-bond donors (Lipinski definition) is 1. The van der Waals surface area contributed by atoms with Crippen molar-refractivity contribution >= 4 is 34.8 Å². The molecule has 0 radical (unpaired) electrons. The molecule has 9 heteroatoms. The summed E-state index contributed by atoms with van der Waals surface area (Å²) < 4.78 is 9.03. The van der Waals surface area contributed by atoms with E-state index in [0.717, 1.165) is 17.0 Å². The molecule has 32 heavy (non-hydrogen) atoms. The minimum absolute atomic E-state index is 0.156. The molecule has 2 aromatic carbocycles. The van der Waals surface area contributed by atoms with Crippen LogP contribution >= 0.6 is 23.2 Å². The molecular formula is C23H21Cl2N5O2. The van der Waals surface area contributed by atoms with E-state index in [1.165, 1.54) is 4.68 Å². The van der Waals surface area contributed by atoms with Crippen molar-refractivity contribution in [2.75, 3.05) is 5.32 Å². The lowest BCUT2D eigenvalue weighted by molar-refractivity contribution is 0.102. The lowest BCUT2D eigenvalue weighted by Gasteiger charge is -2.07. The van der Waals surface area contributed by atoms with Gasteiger partial charge in [-0.1, -0.05) is 41.4 Å². The molecule has 0 saturated heterocycles. The molecule has 0 aliphatic rings. The Morgan fingerprint density at radius 2 is 1.78 bits per heavy atom. The lowest BCUT2D eigenvalue weighted by atomic mass is 10.2. The molecule has 164 valence electrons. The molecule has 0 bridgehead atoms. The maximum Gasteiger partial charge on any atom is 0.276 e. The Bertz CT molecular complexity index is 1270. The van der Waals surface area contributed by atoms with Crippen molar-refractivity contribution in [2.24, 2.45) is 0 Å². The van der Waals surface area contributed by atoms with Gasteiger partial charge in [0.05, 0.1) is 23.6 Å². The van der Waals surface area contributed by atoms with E-state index in [1.807, 2.05) is 42.8 Å². The van der Waals surface area contributed by atoms with E-state index in [-0.39, 0.29) is 18.3 Å². The number of carbonyl (C=O) groups excluding carboxylic acids is 1. The van der Waals surface area contributed by atoms with Gasteiger partial charge in [-0.2, -0.15) is 10.2 Å². The molecule has 0 saturated carbocycles. The van der Waals surface area contributed by atoms with Crippen molar-refractivity contribution in [1.29, 1.82) is 0 Å². The van der Waals surface area contributed by atoms with Gasteiger partial charge in [-0.15, -0.1) is 0 Å². The van der Waals surface area contributed by atoms with Crippen molar-refractivity contribution in [1.82, 2.24) is 19.6 Å². The molecule has 0 aliphatic carbocycles. The third-order valence-corrected chi connectivity index (χ3v) is 5.34. The highest BCUT2D eigenvalue weighted by molar-refractivity contribution is 6.30. The fraction of sp³-hybridized carbons (Fsp3) is 0.174. The van der Waals surface area contributed by atoms with Gasteiger partial charge in [0.1, 0.15) is 5.75 Å². The molecule has 0 fully saturated rings. The second-order valence-corrected chi connectivity index (χ2v) is 8.13. The highest BCUT2D eigenvalue weighted by Crippen LogP contribution is 2.22. The lowest BCUT2D eigenvalue weighted by Crippen LogP contribution is -2.15. The first-order chi connectivity index (χ1) is 15.4. The van der Waals surface area contributed by atoms with Gasteiger partial charge in [-0.3, -0.25) is 9.48 Å². The first-order valence-corrected chi connectivity index (χ1v) is 10.7. The molecule has 0 unspecified atom stereocenters. The number of halogens is 2. The minimum atomic E-state index is -0.319. The molecule has 0 spiro atoms. The summed E-state index contributed by atoms with van der Waals surface area (Å²) in [6.07, 6.45) is 1.68. The number of hydrogen-bond acceptors (Lipinski definition) is 4. The van der Waals surface area contributed by atoms with Crippen LogP contribution in [-0.2, 0) is 13.3 Å². The summed E-state index contributed by atoms with van der Waals surface area (Å²) in [6, 6.07) is 16.3. The number of aryl methyl sites for hydroxylation is 1. The average molecular weight is 470 g/mol. The molecule has 4 aromatic rings.